The lowest BCUT2D eigenvalue weighted by atomic mass is 9.68. The molecule has 8 fully saturated rings. The highest BCUT2D eigenvalue weighted by atomic mass is 28.4. The summed E-state index contributed by atoms with van der Waals surface area (Å²) >= 11 is 0. The molecule has 1 spiro atoms. The van der Waals surface area contributed by atoms with Gasteiger partial charge >= 0.3 is 0 Å². The zero-order chi connectivity index (χ0) is 53.2. The van der Waals surface area contributed by atoms with E-state index in [2.05, 4.69) is 102 Å². The first kappa shape index (κ1) is 59.5. The van der Waals surface area contributed by atoms with E-state index in [4.69, 9.17) is 51.2 Å². The standard InChI is InChI=1S/C59H104O12Si3/c1-15-72(16-2,17-3)62-38-44(70-73(18-4,19-5)20-6)35-49-52(61-14)45-34-41(60)26-24-25-27-47-54(71-74(21-7,22-8)23-9)57-56-55(66-47)53-50(67-56)37-59(68-53,69-57)31-30-43-32-39(10)46(63-43)29-28-42-33-40(11)58(12,13)51(64-42)36-48(45)65-49/h24-25,40,42-57H,10,15-23,26-38H2,1-9,11-14H3/b25-24+/t40-,42+,43?,44?,45?,46+,47?,48+,49?,50-,51-,52-,53+,54?,55+,56-,57+,59+/m1/s1. The maximum atomic E-state index is 14.6. The molecule has 9 heterocycles. The number of rotatable bonds is 19. The van der Waals surface area contributed by atoms with Crippen molar-refractivity contribution in [2.24, 2.45) is 17.3 Å². The minimum atomic E-state index is -2.13. The first-order chi connectivity index (χ1) is 35.4. The topological polar surface area (TPSA) is 119 Å². The lowest BCUT2D eigenvalue weighted by Gasteiger charge is -2.48. The monoisotopic (exact) mass is 1090 g/mol. The summed E-state index contributed by atoms with van der Waals surface area (Å²) in [5, 5.41) is 0. The Morgan fingerprint density at radius 2 is 1.34 bits per heavy atom. The van der Waals surface area contributed by atoms with E-state index < -0.39 is 30.7 Å². The van der Waals surface area contributed by atoms with Gasteiger partial charge in [0, 0.05) is 51.6 Å². The molecule has 0 aromatic rings. The van der Waals surface area contributed by atoms with E-state index in [1.807, 2.05) is 7.11 Å². The Morgan fingerprint density at radius 3 is 2.00 bits per heavy atom. The van der Waals surface area contributed by atoms with Gasteiger partial charge in [0.25, 0.3) is 0 Å². The Kier molecular flexibility index (Phi) is 20.1. The van der Waals surface area contributed by atoms with Crippen molar-refractivity contribution >= 4 is 30.7 Å². The van der Waals surface area contributed by atoms with Gasteiger partial charge in [0.15, 0.2) is 30.7 Å². The number of allylic oxidation sites excluding steroid dienone is 1. The fourth-order valence-corrected chi connectivity index (χ4v) is 23.4. The van der Waals surface area contributed by atoms with Crippen LogP contribution in [-0.4, -0.2) is 142 Å². The van der Waals surface area contributed by atoms with Gasteiger partial charge in [-0.2, -0.15) is 0 Å². The highest BCUT2D eigenvalue weighted by Gasteiger charge is 2.68. The third-order valence-electron chi connectivity index (χ3n) is 21.2. The van der Waals surface area contributed by atoms with Crippen LogP contribution in [0.15, 0.2) is 24.3 Å². The molecule has 8 saturated heterocycles. The van der Waals surface area contributed by atoms with Crippen molar-refractivity contribution in [1.82, 2.24) is 0 Å². The second kappa shape index (κ2) is 25.0. The molecule has 9 aliphatic rings. The molecule has 9 rings (SSSR count). The summed E-state index contributed by atoms with van der Waals surface area (Å²) in [6.45, 7) is 32.9. The second-order valence-corrected chi connectivity index (χ2v) is 39.3. The van der Waals surface area contributed by atoms with E-state index in [1.165, 1.54) is 5.57 Å². The number of Topliss-reactive ketones (excluding diaryl/α,β-unsaturated/α-hetero) is 1. The quantitative estimate of drug-likeness (QED) is 0.0905. The van der Waals surface area contributed by atoms with Crippen LogP contribution in [0.5, 0.6) is 0 Å². The van der Waals surface area contributed by atoms with E-state index >= 15 is 0 Å². The van der Waals surface area contributed by atoms with Crippen molar-refractivity contribution in [2.45, 2.75) is 312 Å². The molecule has 12 nitrogen and oxygen atoms in total. The Labute approximate surface area is 451 Å². The normalized spacial score (nSPS) is 40.6. The van der Waals surface area contributed by atoms with Crippen LogP contribution in [-0.2, 0) is 56.0 Å². The van der Waals surface area contributed by atoms with Gasteiger partial charge in [-0.05, 0) is 110 Å². The van der Waals surface area contributed by atoms with Gasteiger partial charge in [-0.1, -0.05) is 102 Å². The van der Waals surface area contributed by atoms with Crippen molar-refractivity contribution in [2.75, 3.05) is 13.7 Å². The first-order valence-electron chi connectivity index (χ1n) is 30.4. The van der Waals surface area contributed by atoms with Gasteiger partial charge in [0.05, 0.1) is 67.6 Å². The Bertz CT molecular complexity index is 1850. The molecule has 0 saturated carbocycles. The lowest BCUT2D eigenvalue weighted by molar-refractivity contribution is -0.271. The molecule has 15 heteroatoms. The predicted molar refractivity (Wildman–Crippen MR) is 299 cm³/mol. The highest BCUT2D eigenvalue weighted by Crippen LogP contribution is 2.54. The van der Waals surface area contributed by atoms with Crippen molar-refractivity contribution in [3.8, 4) is 0 Å². The second-order valence-electron chi connectivity index (χ2n) is 25.1. The van der Waals surface area contributed by atoms with Crippen LogP contribution in [0, 0.1) is 17.3 Å². The molecular formula is C59H104O12Si3. The Balaban J connectivity index is 1.10. The number of ether oxygens (including phenoxy) is 8. The summed E-state index contributed by atoms with van der Waals surface area (Å²) in [6, 6.07) is 9.52. The smallest absolute Gasteiger partial charge is 0.192 e. The largest absolute Gasteiger partial charge is 0.414 e. The maximum absolute atomic E-state index is 14.6. The van der Waals surface area contributed by atoms with E-state index in [0.29, 0.717) is 51.0 Å². The molecule has 0 aromatic heterocycles. The van der Waals surface area contributed by atoms with Gasteiger partial charge in [-0.25, -0.2) is 0 Å². The molecule has 424 valence electrons. The van der Waals surface area contributed by atoms with Crippen LogP contribution in [0.1, 0.15) is 160 Å². The molecule has 74 heavy (non-hydrogen) atoms. The Hall–Kier alpha value is -0.639. The van der Waals surface area contributed by atoms with Crippen LogP contribution in [0.2, 0.25) is 54.4 Å². The van der Waals surface area contributed by atoms with Gasteiger partial charge < -0.3 is 51.2 Å². The zero-order valence-electron chi connectivity index (χ0n) is 48.6. The van der Waals surface area contributed by atoms with E-state index in [9.17, 15) is 4.79 Å². The number of fused-ring (bicyclic) bond motifs is 6. The van der Waals surface area contributed by atoms with Crippen LogP contribution >= 0.6 is 0 Å². The molecule has 9 aliphatic heterocycles. The number of ketones is 1. The zero-order valence-corrected chi connectivity index (χ0v) is 51.6. The molecular weight excluding hydrogens is 985 g/mol. The SMILES string of the molecule is C=C1CC2CC[C@@]34C[C@H]5O[C@@H]6[C@@H](OC(C/C=C/CC(=O)CC7[C@@H](OC)C(CC(CO[Si](CC)(CC)CC)O[Si](CC)(CC)CC)O[C@H]7C[C@H]7O[C@@H](CC[C@@H]1O2)C[C@@H](C)C7(C)C)C(O[Si](CC)(CC)CC)[C@@H]6O3)[C@H]5O4. The van der Waals surface area contributed by atoms with Crippen LogP contribution in [0.3, 0.4) is 0 Å². The minimum absolute atomic E-state index is 0.0150. The fourth-order valence-electron chi connectivity index (χ4n) is 15.0. The van der Waals surface area contributed by atoms with Crippen molar-refractivity contribution in [3.63, 3.8) is 0 Å². The summed E-state index contributed by atoms with van der Waals surface area (Å²) in [5.41, 5.74) is 1.07. The van der Waals surface area contributed by atoms with Crippen LogP contribution in [0.25, 0.3) is 0 Å². The third-order valence-corrected chi connectivity index (χ3v) is 35.2. The summed E-state index contributed by atoms with van der Waals surface area (Å²) in [7, 11) is -4.25. The van der Waals surface area contributed by atoms with Crippen molar-refractivity contribution < 1.29 is 56.0 Å². The number of carbonyl (C=O) groups excluding carboxylic acids is 1. The van der Waals surface area contributed by atoms with Gasteiger partial charge in [0.2, 0.25) is 0 Å². The lowest BCUT2D eigenvalue weighted by Crippen LogP contribution is -2.62. The predicted octanol–water partition coefficient (Wildman–Crippen LogP) is 12.8. The van der Waals surface area contributed by atoms with Crippen LogP contribution in [0.4, 0.5) is 0 Å². The molecule has 18 atom stereocenters. The molecule has 0 radical (unpaired) electrons. The maximum Gasteiger partial charge on any atom is 0.192 e. The highest BCUT2D eigenvalue weighted by molar-refractivity contribution is 6.74. The van der Waals surface area contributed by atoms with E-state index in [0.717, 1.165) is 92.9 Å². The average molecular weight is 1090 g/mol. The number of carbonyl (C=O) groups is 1. The summed E-state index contributed by atoms with van der Waals surface area (Å²) in [6.07, 6.45) is 10.2. The summed E-state index contributed by atoms with van der Waals surface area (Å²) in [5.74, 6) is -0.325. The summed E-state index contributed by atoms with van der Waals surface area (Å²) in [4.78, 5) is 14.6. The third kappa shape index (κ3) is 12.3. The number of methoxy groups -OCH3 is 1. The van der Waals surface area contributed by atoms with Crippen molar-refractivity contribution in [1.29, 1.82) is 0 Å². The molecule has 0 aliphatic carbocycles. The number of hydrogen-bond donors (Lipinski definition) is 0. The average Bonchev–Trinajstić information content (AvgIpc) is 4.09. The molecule has 0 N–H and O–H groups in total. The van der Waals surface area contributed by atoms with Gasteiger partial charge in [0.1, 0.15) is 36.3 Å². The Morgan fingerprint density at radius 1 is 0.689 bits per heavy atom. The summed E-state index contributed by atoms with van der Waals surface area (Å²) < 4.78 is 78.3. The minimum Gasteiger partial charge on any atom is -0.414 e. The van der Waals surface area contributed by atoms with Crippen molar-refractivity contribution in [3.05, 3.63) is 24.3 Å². The van der Waals surface area contributed by atoms with E-state index in [1.54, 1.807) is 0 Å². The fraction of sp³-hybridized carbons (Fsp3) is 0.915. The molecule has 0 aromatic carbocycles. The molecule has 6 unspecified atom stereocenters. The van der Waals surface area contributed by atoms with Gasteiger partial charge in [-0.15, -0.1) is 0 Å². The first-order valence-corrected chi connectivity index (χ1v) is 38.0. The van der Waals surface area contributed by atoms with Gasteiger partial charge in [-0.3, -0.25) is 4.79 Å². The molecule has 11 bridgehead atoms. The molecule has 0 amide bonds. The van der Waals surface area contributed by atoms with Crippen LogP contribution < -0.4 is 0 Å². The number of hydrogen-bond acceptors (Lipinski definition) is 12. The van der Waals surface area contributed by atoms with E-state index in [-0.39, 0.29) is 109 Å².